The molecule has 0 amide bonds. The molecule has 1 aromatic rings. The van der Waals surface area contributed by atoms with E-state index in [0.717, 1.165) is 0 Å². The Balaban J connectivity index is 2.29. The molecule has 0 radical (unpaired) electrons. The molecule has 0 bridgehead atoms. The summed E-state index contributed by atoms with van der Waals surface area (Å²) in [4.78, 5) is 26.1. The average Bonchev–Trinajstić information content (AvgIpc) is 2.58. The van der Waals surface area contributed by atoms with Crippen LogP contribution in [-0.2, 0) is 14.3 Å². The summed E-state index contributed by atoms with van der Waals surface area (Å²) in [5, 5.41) is 0. The van der Waals surface area contributed by atoms with Crippen molar-refractivity contribution in [1.29, 1.82) is 0 Å². The van der Waals surface area contributed by atoms with Crippen molar-refractivity contribution in [2.45, 2.75) is 12.3 Å². The third-order valence-corrected chi connectivity index (χ3v) is 2.24. The average molecular weight is 207 g/mol. The van der Waals surface area contributed by atoms with Crippen molar-refractivity contribution >= 4 is 11.9 Å². The quantitative estimate of drug-likeness (QED) is 0.526. The second-order valence-corrected chi connectivity index (χ2v) is 3.18. The number of esters is 2. The van der Waals surface area contributed by atoms with Gasteiger partial charge >= 0.3 is 11.9 Å². The van der Waals surface area contributed by atoms with Crippen molar-refractivity contribution in [3.8, 4) is 5.88 Å². The normalized spacial score (nSPS) is 20.2. The molecule has 1 atom stereocenters. The first-order valence-electron chi connectivity index (χ1n) is 4.45. The SMILES string of the molecule is COc1cc(C2CC(=O)OC2=O)ccn1. The van der Waals surface area contributed by atoms with Crippen molar-refractivity contribution in [2.24, 2.45) is 0 Å². The fourth-order valence-electron chi connectivity index (χ4n) is 1.48. The van der Waals surface area contributed by atoms with Gasteiger partial charge in [0.2, 0.25) is 5.88 Å². The summed E-state index contributed by atoms with van der Waals surface area (Å²) < 4.78 is 9.39. The Hall–Kier alpha value is -1.91. The van der Waals surface area contributed by atoms with E-state index in [1.807, 2.05) is 0 Å². The van der Waals surface area contributed by atoms with Gasteiger partial charge in [0.25, 0.3) is 0 Å². The summed E-state index contributed by atoms with van der Waals surface area (Å²) in [6.07, 6.45) is 1.62. The zero-order chi connectivity index (χ0) is 10.8. The molecule has 5 nitrogen and oxygen atoms in total. The van der Waals surface area contributed by atoms with Gasteiger partial charge in [-0.3, -0.25) is 9.59 Å². The largest absolute Gasteiger partial charge is 0.481 e. The molecule has 78 valence electrons. The maximum Gasteiger partial charge on any atom is 0.321 e. The maximum absolute atomic E-state index is 11.3. The summed E-state index contributed by atoms with van der Waals surface area (Å²) in [5.41, 5.74) is 0.692. The highest BCUT2D eigenvalue weighted by Gasteiger charge is 2.34. The minimum Gasteiger partial charge on any atom is -0.481 e. The predicted octanol–water partition coefficient (Wildman–Crippen LogP) is 0.647. The second-order valence-electron chi connectivity index (χ2n) is 3.18. The van der Waals surface area contributed by atoms with E-state index in [9.17, 15) is 9.59 Å². The Morgan fingerprint density at radius 1 is 1.53 bits per heavy atom. The Labute approximate surface area is 86.0 Å². The van der Waals surface area contributed by atoms with Crippen molar-refractivity contribution in [2.75, 3.05) is 7.11 Å². The Morgan fingerprint density at radius 2 is 2.33 bits per heavy atom. The molecule has 1 aliphatic heterocycles. The third-order valence-electron chi connectivity index (χ3n) is 2.24. The molecule has 2 heterocycles. The van der Waals surface area contributed by atoms with Crippen LogP contribution in [0.2, 0.25) is 0 Å². The number of hydrogen-bond donors (Lipinski definition) is 0. The molecular formula is C10H9NO4. The summed E-state index contributed by atoms with van der Waals surface area (Å²) in [6.45, 7) is 0. The van der Waals surface area contributed by atoms with E-state index in [1.165, 1.54) is 13.3 Å². The molecule has 0 aromatic carbocycles. The number of aromatic nitrogens is 1. The molecule has 1 aromatic heterocycles. The number of nitrogens with zero attached hydrogens (tertiary/aromatic N) is 1. The molecule has 0 aliphatic carbocycles. The molecule has 0 saturated carbocycles. The number of hydrogen-bond acceptors (Lipinski definition) is 5. The van der Waals surface area contributed by atoms with Gasteiger partial charge < -0.3 is 9.47 Å². The van der Waals surface area contributed by atoms with Gasteiger partial charge in [0.05, 0.1) is 19.4 Å². The smallest absolute Gasteiger partial charge is 0.321 e. The van der Waals surface area contributed by atoms with E-state index in [2.05, 4.69) is 9.72 Å². The van der Waals surface area contributed by atoms with E-state index in [1.54, 1.807) is 12.1 Å². The van der Waals surface area contributed by atoms with Crippen LogP contribution >= 0.6 is 0 Å². The molecule has 0 spiro atoms. The van der Waals surface area contributed by atoms with Crippen LogP contribution in [0.4, 0.5) is 0 Å². The lowest BCUT2D eigenvalue weighted by molar-refractivity contribution is -0.152. The van der Waals surface area contributed by atoms with Crippen molar-refractivity contribution in [3.05, 3.63) is 23.9 Å². The third kappa shape index (κ3) is 1.81. The number of carbonyl (C=O) groups is 2. The van der Waals surface area contributed by atoms with Crippen LogP contribution in [0.25, 0.3) is 0 Å². The molecular weight excluding hydrogens is 198 g/mol. The number of rotatable bonds is 2. The van der Waals surface area contributed by atoms with Gasteiger partial charge in [0.1, 0.15) is 0 Å². The van der Waals surface area contributed by atoms with Gasteiger partial charge in [-0.25, -0.2) is 4.98 Å². The Bertz CT molecular complexity index is 416. The van der Waals surface area contributed by atoms with Gasteiger partial charge in [-0.2, -0.15) is 0 Å². The Kier molecular flexibility index (Phi) is 2.37. The first-order chi connectivity index (χ1) is 7.20. The number of carbonyl (C=O) groups excluding carboxylic acids is 2. The number of ether oxygens (including phenoxy) is 2. The van der Waals surface area contributed by atoms with Crippen molar-refractivity contribution < 1.29 is 19.1 Å². The minimum absolute atomic E-state index is 0.0893. The highest BCUT2D eigenvalue weighted by Crippen LogP contribution is 2.28. The predicted molar refractivity (Wildman–Crippen MR) is 49.2 cm³/mol. The molecule has 1 saturated heterocycles. The van der Waals surface area contributed by atoms with E-state index < -0.39 is 17.9 Å². The molecule has 1 aliphatic rings. The zero-order valence-electron chi connectivity index (χ0n) is 8.10. The van der Waals surface area contributed by atoms with Crippen LogP contribution in [0.5, 0.6) is 5.88 Å². The van der Waals surface area contributed by atoms with Gasteiger partial charge in [-0.1, -0.05) is 0 Å². The van der Waals surface area contributed by atoms with Crippen LogP contribution in [0, 0.1) is 0 Å². The zero-order valence-corrected chi connectivity index (χ0v) is 8.10. The van der Waals surface area contributed by atoms with E-state index in [0.29, 0.717) is 11.4 Å². The van der Waals surface area contributed by atoms with E-state index >= 15 is 0 Å². The van der Waals surface area contributed by atoms with Gasteiger partial charge in [0.15, 0.2) is 0 Å². The van der Waals surface area contributed by atoms with Crippen LogP contribution in [0.1, 0.15) is 17.9 Å². The lowest BCUT2D eigenvalue weighted by atomic mass is 9.99. The van der Waals surface area contributed by atoms with Crippen molar-refractivity contribution in [1.82, 2.24) is 4.98 Å². The first-order valence-corrected chi connectivity index (χ1v) is 4.45. The summed E-state index contributed by atoms with van der Waals surface area (Å²) in [7, 11) is 1.49. The van der Waals surface area contributed by atoms with Gasteiger partial charge in [-0.15, -0.1) is 0 Å². The lowest BCUT2D eigenvalue weighted by Crippen LogP contribution is -2.06. The molecule has 5 heteroatoms. The van der Waals surface area contributed by atoms with Crippen LogP contribution in [-0.4, -0.2) is 24.0 Å². The second kappa shape index (κ2) is 3.68. The monoisotopic (exact) mass is 207 g/mol. The molecule has 2 rings (SSSR count). The van der Waals surface area contributed by atoms with E-state index in [4.69, 9.17) is 4.74 Å². The van der Waals surface area contributed by atoms with Gasteiger partial charge in [0, 0.05) is 12.3 Å². The molecule has 15 heavy (non-hydrogen) atoms. The lowest BCUT2D eigenvalue weighted by Gasteiger charge is -2.05. The van der Waals surface area contributed by atoms with E-state index in [-0.39, 0.29) is 6.42 Å². The van der Waals surface area contributed by atoms with Crippen LogP contribution < -0.4 is 4.74 Å². The maximum atomic E-state index is 11.3. The summed E-state index contributed by atoms with van der Waals surface area (Å²) >= 11 is 0. The number of methoxy groups -OCH3 is 1. The van der Waals surface area contributed by atoms with Crippen molar-refractivity contribution in [3.63, 3.8) is 0 Å². The number of pyridine rings is 1. The molecule has 0 N–H and O–H groups in total. The number of cyclic esters (lactones) is 2. The fourth-order valence-corrected chi connectivity index (χ4v) is 1.48. The highest BCUT2D eigenvalue weighted by atomic mass is 16.6. The first kappa shape index (κ1) is 9.64. The van der Waals surface area contributed by atoms with Gasteiger partial charge in [-0.05, 0) is 11.6 Å². The fraction of sp³-hybridized carbons (Fsp3) is 0.300. The minimum atomic E-state index is -0.519. The van der Waals surface area contributed by atoms with Crippen LogP contribution in [0.3, 0.4) is 0 Å². The highest BCUT2D eigenvalue weighted by molar-refractivity contribution is 5.97. The molecule has 1 fully saturated rings. The molecule has 1 unspecified atom stereocenters. The standard InChI is InChI=1S/C10H9NO4/c1-14-8-4-6(2-3-11-8)7-5-9(12)15-10(7)13/h2-4,7H,5H2,1H3. The topological polar surface area (TPSA) is 65.5 Å². The summed E-state index contributed by atoms with van der Waals surface area (Å²) in [6, 6.07) is 3.30. The summed E-state index contributed by atoms with van der Waals surface area (Å²) in [5.74, 6) is -1.09. The Morgan fingerprint density at radius 3 is 2.93 bits per heavy atom. The van der Waals surface area contributed by atoms with Crippen LogP contribution in [0.15, 0.2) is 18.3 Å².